The van der Waals surface area contributed by atoms with Gasteiger partial charge in [-0.05, 0) is 48.4 Å². The van der Waals surface area contributed by atoms with Crippen molar-refractivity contribution in [2.24, 2.45) is 0 Å². The first-order valence-electron chi connectivity index (χ1n) is 9.02. The summed E-state index contributed by atoms with van der Waals surface area (Å²) in [7, 11) is 1.69. The van der Waals surface area contributed by atoms with Gasteiger partial charge in [-0.2, -0.15) is 0 Å². The average Bonchev–Trinajstić information content (AvgIpc) is 2.68. The highest BCUT2D eigenvalue weighted by molar-refractivity contribution is 6.31. The molecule has 0 N–H and O–H groups in total. The third kappa shape index (κ3) is 5.13. The van der Waals surface area contributed by atoms with Gasteiger partial charge in [0.1, 0.15) is 17.6 Å². The van der Waals surface area contributed by atoms with Crippen molar-refractivity contribution in [3.63, 3.8) is 0 Å². The van der Waals surface area contributed by atoms with Gasteiger partial charge in [0.05, 0.1) is 20.3 Å². The molecule has 4 nitrogen and oxygen atoms in total. The Hall–Kier alpha value is -1.75. The number of methoxy groups -OCH3 is 1. The van der Waals surface area contributed by atoms with Crippen LogP contribution in [0.15, 0.2) is 42.5 Å². The van der Waals surface area contributed by atoms with Crippen molar-refractivity contribution in [2.45, 2.75) is 19.4 Å². The van der Waals surface area contributed by atoms with Crippen LogP contribution < -0.4 is 9.47 Å². The molecule has 1 aliphatic rings. The molecule has 1 unspecified atom stereocenters. The normalized spacial score (nSPS) is 16.3. The fraction of sp³-hybridized carbons (Fsp3) is 0.429. The Bertz CT molecular complexity index is 716. The third-order valence-corrected chi connectivity index (χ3v) is 5.11. The SMILES string of the molecule is COc1cccc(C(CCN2CCOCC2)Oc2ccc(Cl)c(C)c2)c1. The van der Waals surface area contributed by atoms with Crippen molar-refractivity contribution in [1.82, 2.24) is 4.90 Å². The molecule has 3 rings (SSSR count). The molecule has 0 aromatic heterocycles. The fourth-order valence-corrected chi connectivity index (χ4v) is 3.23. The van der Waals surface area contributed by atoms with Gasteiger partial charge in [0.25, 0.3) is 0 Å². The first-order chi connectivity index (χ1) is 12.7. The first kappa shape index (κ1) is 19.0. The highest BCUT2D eigenvalue weighted by Crippen LogP contribution is 2.29. The number of halogens is 1. The lowest BCUT2D eigenvalue weighted by Gasteiger charge is -2.29. The number of morpholine rings is 1. The summed E-state index contributed by atoms with van der Waals surface area (Å²) in [6, 6.07) is 13.9. The molecule has 0 amide bonds. The van der Waals surface area contributed by atoms with Crippen molar-refractivity contribution >= 4 is 11.6 Å². The molecule has 140 valence electrons. The summed E-state index contributed by atoms with van der Waals surface area (Å²) in [6.45, 7) is 6.53. The van der Waals surface area contributed by atoms with Crippen molar-refractivity contribution in [3.8, 4) is 11.5 Å². The van der Waals surface area contributed by atoms with Crippen molar-refractivity contribution in [1.29, 1.82) is 0 Å². The first-order valence-corrected chi connectivity index (χ1v) is 9.40. The summed E-state index contributed by atoms with van der Waals surface area (Å²) in [4.78, 5) is 2.42. The van der Waals surface area contributed by atoms with Gasteiger partial charge in [-0.1, -0.05) is 23.7 Å². The van der Waals surface area contributed by atoms with Crippen LogP contribution in [-0.2, 0) is 4.74 Å². The minimum absolute atomic E-state index is 0.0477. The van der Waals surface area contributed by atoms with E-state index in [0.717, 1.165) is 66.9 Å². The molecule has 1 saturated heterocycles. The van der Waals surface area contributed by atoms with Crippen LogP contribution in [0.2, 0.25) is 5.02 Å². The van der Waals surface area contributed by atoms with E-state index in [1.165, 1.54) is 0 Å². The molecular formula is C21H26ClNO3. The topological polar surface area (TPSA) is 30.9 Å². The number of benzene rings is 2. The molecule has 0 spiro atoms. The molecule has 2 aromatic rings. The maximum Gasteiger partial charge on any atom is 0.125 e. The standard InChI is InChI=1S/C21H26ClNO3/c1-16-14-19(6-7-20(16)22)26-21(8-9-23-10-12-25-13-11-23)17-4-3-5-18(15-17)24-2/h3-7,14-15,21H,8-13H2,1-2H3. The lowest BCUT2D eigenvalue weighted by molar-refractivity contribution is 0.0317. The van der Waals surface area contributed by atoms with Crippen LogP contribution in [0.25, 0.3) is 0 Å². The number of hydrogen-bond acceptors (Lipinski definition) is 4. The number of hydrogen-bond donors (Lipinski definition) is 0. The smallest absolute Gasteiger partial charge is 0.125 e. The lowest BCUT2D eigenvalue weighted by atomic mass is 10.1. The zero-order valence-electron chi connectivity index (χ0n) is 15.4. The summed E-state index contributed by atoms with van der Waals surface area (Å²) >= 11 is 6.15. The van der Waals surface area contributed by atoms with Crippen molar-refractivity contribution < 1.29 is 14.2 Å². The van der Waals surface area contributed by atoms with Crippen LogP contribution >= 0.6 is 11.6 Å². The van der Waals surface area contributed by atoms with Gasteiger partial charge in [0, 0.05) is 31.1 Å². The average molecular weight is 376 g/mol. The zero-order chi connectivity index (χ0) is 18.4. The predicted molar refractivity (Wildman–Crippen MR) is 104 cm³/mol. The van der Waals surface area contributed by atoms with Crippen LogP contribution in [0.5, 0.6) is 11.5 Å². The Morgan fingerprint density at radius 1 is 1.12 bits per heavy atom. The maximum absolute atomic E-state index is 6.35. The monoisotopic (exact) mass is 375 g/mol. The second kappa shape index (κ2) is 9.26. The van der Waals surface area contributed by atoms with Gasteiger partial charge in [-0.25, -0.2) is 0 Å². The number of rotatable bonds is 7. The summed E-state index contributed by atoms with van der Waals surface area (Å²) in [5.41, 5.74) is 2.13. The number of nitrogens with zero attached hydrogens (tertiary/aromatic N) is 1. The van der Waals surface area contributed by atoms with E-state index < -0.39 is 0 Å². The highest BCUT2D eigenvalue weighted by Gasteiger charge is 2.18. The van der Waals surface area contributed by atoms with Crippen LogP contribution in [-0.4, -0.2) is 44.9 Å². The third-order valence-electron chi connectivity index (χ3n) is 4.68. The molecule has 1 atom stereocenters. The van der Waals surface area contributed by atoms with Crippen LogP contribution in [0, 0.1) is 6.92 Å². The minimum atomic E-state index is -0.0477. The van der Waals surface area contributed by atoms with E-state index in [1.54, 1.807) is 7.11 Å². The molecule has 5 heteroatoms. The molecule has 1 aliphatic heterocycles. The Morgan fingerprint density at radius 2 is 1.92 bits per heavy atom. The summed E-state index contributed by atoms with van der Waals surface area (Å²) < 4.78 is 17.2. The molecular weight excluding hydrogens is 350 g/mol. The quantitative estimate of drug-likeness (QED) is 0.713. The van der Waals surface area contributed by atoms with Gasteiger partial charge in [-0.3, -0.25) is 4.90 Å². The Labute approximate surface area is 160 Å². The lowest BCUT2D eigenvalue weighted by Crippen LogP contribution is -2.37. The van der Waals surface area contributed by atoms with Crippen molar-refractivity contribution in [3.05, 3.63) is 58.6 Å². The van der Waals surface area contributed by atoms with Gasteiger partial charge in [0.15, 0.2) is 0 Å². The largest absolute Gasteiger partial charge is 0.497 e. The van der Waals surface area contributed by atoms with Gasteiger partial charge >= 0.3 is 0 Å². The molecule has 26 heavy (non-hydrogen) atoms. The van der Waals surface area contributed by atoms with Crippen LogP contribution in [0.1, 0.15) is 23.7 Å². The molecule has 1 heterocycles. The minimum Gasteiger partial charge on any atom is -0.497 e. The molecule has 0 saturated carbocycles. The Morgan fingerprint density at radius 3 is 2.65 bits per heavy atom. The maximum atomic E-state index is 6.35. The molecule has 2 aromatic carbocycles. The zero-order valence-corrected chi connectivity index (χ0v) is 16.2. The van der Waals surface area contributed by atoms with E-state index in [1.807, 2.05) is 43.3 Å². The van der Waals surface area contributed by atoms with Gasteiger partial charge in [-0.15, -0.1) is 0 Å². The number of ether oxygens (including phenoxy) is 3. The molecule has 0 aliphatic carbocycles. The second-order valence-corrected chi connectivity index (χ2v) is 6.94. The van der Waals surface area contributed by atoms with E-state index in [9.17, 15) is 0 Å². The Kier molecular flexibility index (Phi) is 6.78. The second-order valence-electron chi connectivity index (χ2n) is 6.54. The van der Waals surface area contributed by atoms with E-state index in [4.69, 9.17) is 25.8 Å². The van der Waals surface area contributed by atoms with Crippen molar-refractivity contribution in [2.75, 3.05) is 40.0 Å². The van der Waals surface area contributed by atoms with Gasteiger partial charge < -0.3 is 14.2 Å². The van der Waals surface area contributed by atoms with E-state index in [0.29, 0.717) is 0 Å². The van der Waals surface area contributed by atoms with E-state index in [2.05, 4.69) is 11.0 Å². The summed E-state index contributed by atoms with van der Waals surface area (Å²) in [5, 5.41) is 0.753. The van der Waals surface area contributed by atoms with Crippen LogP contribution in [0.4, 0.5) is 0 Å². The molecule has 1 fully saturated rings. The highest BCUT2D eigenvalue weighted by atomic mass is 35.5. The van der Waals surface area contributed by atoms with Gasteiger partial charge in [0.2, 0.25) is 0 Å². The molecule has 0 radical (unpaired) electrons. The summed E-state index contributed by atoms with van der Waals surface area (Å²) in [5.74, 6) is 1.68. The molecule has 0 bridgehead atoms. The van der Waals surface area contributed by atoms with E-state index in [-0.39, 0.29) is 6.10 Å². The Balaban J connectivity index is 1.76. The number of aryl methyl sites for hydroxylation is 1. The predicted octanol–water partition coefficient (Wildman–Crippen LogP) is 4.50. The fourth-order valence-electron chi connectivity index (χ4n) is 3.11. The van der Waals surface area contributed by atoms with E-state index >= 15 is 0 Å². The van der Waals surface area contributed by atoms with Crippen LogP contribution in [0.3, 0.4) is 0 Å². The summed E-state index contributed by atoms with van der Waals surface area (Å²) in [6.07, 6.45) is 0.850.